The third-order valence-corrected chi connectivity index (χ3v) is 3.69. The van der Waals surface area contributed by atoms with Gasteiger partial charge in [0.05, 0.1) is 5.41 Å². The summed E-state index contributed by atoms with van der Waals surface area (Å²) in [7, 11) is 0. The number of allylic oxidation sites excluding steroid dienone is 1. The van der Waals surface area contributed by atoms with Gasteiger partial charge in [-0.05, 0) is 43.7 Å². The van der Waals surface area contributed by atoms with Gasteiger partial charge >= 0.3 is 0 Å². The van der Waals surface area contributed by atoms with Crippen LogP contribution >= 0.6 is 0 Å². The summed E-state index contributed by atoms with van der Waals surface area (Å²) < 4.78 is 0. The molecule has 1 aromatic rings. The van der Waals surface area contributed by atoms with E-state index in [9.17, 15) is 0 Å². The van der Waals surface area contributed by atoms with Crippen LogP contribution in [0.2, 0.25) is 0 Å². The molecule has 0 aliphatic heterocycles. The molecule has 0 aromatic heterocycles. The smallest absolute Gasteiger partial charge is 0.0599 e. The lowest BCUT2D eigenvalue weighted by molar-refractivity contribution is 0.501. The molecule has 0 amide bonds. The molecule has 88 valence electrons. The minimum Gasteiger partial charge on any atom is -0.106 e. The maximum Gasteiger partial charge on any atom is 0.0599 e. The number of benzene rings is 1. The molecular formula is C17H20. The van der Waals surface area contributed by atoms with Gasteiger partial charge < -0.3 is 0 Å². The molecule has 0 saturated heterocycles. The fraction of sp³-hybridized carbons (Fsp3) is 0.412. The first-order valence-electron chi connectivity index (χ1n) is 6.45. The second kappa shape index (κ2) is 5.23. The van der Waals surface area contributed by atoms with Crippen molar-refractivity contribution < 1.29 is 0 Å². The summed E-state index contributed by atoms with van der Waals surface area (Å²) in [5, 5.41) is 0. The molecule has 17 heavy (non-hydrogen) atoms. The van der Waals surface area contributed by atoms with Crippen LogP contribution in [0.3, 0.4) is 0 Å². The van der Waals surface area contributed by atoms with E-state index < -0.39 is 0 Å². The first-order valence-corrected chi connectivity index (χ1v) is 6.45. The summed E-state index contributed by atoms with van der Waals surface area (Å²) in [5.74, 6) is 6.61. The van der Waals surface area contributed by atoms with E-state index in [1.165, 1.54) is 30.4 Å². The SMILES string of the molecule is C=CCC1(C#CC)CCCCc2ccccc21. The zero-order valence-corrected chi connectivity index (χ0v) is 10.6. The van der Waals surface area contributed by atoms with Crippen molar-refractivity contribution in [2.45, 2.75) is 44.4 Å². The number of rotatable bonds is 2. The zero-order chi connectivity index (χ0) is 12.1. The van der Waals surface area contributed by atoms with Gasteiger partial charge in [-0.1, -0.05) is 42.7 Å². The monoisotopic (exact) mass is 224 g/mol. The van der Waals surface area contributed by atoms with Crippen molar-refractivity contribution >= 4 is 0 Å². The lowest BCUT2D eigenvalue weighted by Gasteiger charge is -2.28. The summed E-state index contributed by atoms with van der Waals surface area (Å²) in [6.07, 6.45) is 7.88. The van der Waals surface area contributed by atoms with E-state index in [4.69, 9.17) is 0 Å². The maximum absolute atomic E-state index is 3.92. The van der Waals surface area contributed by atoms with Crippen molar-refractivity contribution in [2.24, 2.45) is 0 Å². The van der Waals surface area contributed by atoms with E-state index in [1.807, 2.05) is 13.0 Å². The van der Waals surface area contributed by atoms with Gasteiger partial charge in [0.1, 0.15) is 0 Å². The van der Waals surface area contributed by atoms with Crippen molar-refractivity contribution in [1.82, 2.24) is 0 Å². The molecule has 0 nitrogen and oxygen atoms in total. The highest BCUT2D eigenvalue weighted by atomic mass is 14.3. The van der Waals surface area contributed by atoms with E-state index in [2.05, 4.69) is 42.7 Å². The Morgan fingerprint density at radius 1 is 1.35 bits per heavy atom. The van der Waals surface area contributed by atoms with Crippen molar-refractivity contribution in [1.29, 1.82) is 0 Å². The average Bonchev–Trinajstić information content (AvgIpc) is 2.52. The van der Waals surface area contributed by atoms with Crippen LogP contribution in [-0.2, 0) is 11.8 Å². The highest BCUT2D eigenvalue weighted by molar-refractivity contribution is 5.43. The maximum atomic E-state index is 3.92. The van der Waals surface area contributed by atoms with Crippen LogP contribution in [0.25, 0.3) is 0 Å². The molecule has 1 aliphatic carbocycles. The number of fused-ring (bicyclic) bond motifs is 1. The lowest BCUT2D eigenvalue weighted by atomic mass is 9.74. The fourth-order valence-electron chi connectivity index (χ4n) is 2.96. The quantitative estimate of drug-likeness (QED) is 0.400. The van der Waals surface area contributed by atoms with Gasteiger partial charge in [0.15, 0.2) is 0 Å². The van der Waals surface area contributed by atoms with Crippen molar-refractivity contribution in [3.63, 3.8) is 0 Å². The summed E-state index contributed by atoms with van der Waals surface area (Å²) in [4.78, 5) is 0. The molecule has 1 atom stereocenters. The second-order valence-corrected chi connectivity index (χ2v) is 4.81. The van der Waals surface area contributed by atoms with E-state index in [-0.39, 0.29) is 5.41 Å². The van der Waals surface area contributed by atoms with E-state index in [1.54, 1.807) is 0 Å². The van der Waals surface area contributed by atoms with Crippen LogP contribution in [0.1, 0.15) is 43.7 Å². The Morgan fingerprint density at radius 3 is 2.94 bits per heavy atom. The summed E-state index contributed by atoms with van der Waals surface area (Å²) >= 11 is 0. The van der Waals surface area contributed by atoms with Gasteiger partial charge in [-0.3, -0.25) is 0 Å². The molecule has 1 aromatic carbocycles. The predicted octanol–water partition coefficient (Wildman–Crippen LogP) is 4.25. The van der Waals surface area contributed by atoms with Gasteiger partial charge in [-0.25, -0.2) is 0 Å². The Hall–Kier alpha value is -1.48. The topological polar surface area (TPSA) is 0 Å². The highest BCUT2D eigenvalue weighted by Crippen LogP contribution is 2.38. The minimum absolute atomic E-state index is 0.0175. The number of hydrogen-bond donors (Lipinski definition) is 0. The van der Waals surface area contributed by atoms with E-state index in [0.29, 0.717) is 0 Å². The van der Waals surface area contributed by atoms with Crippen LogP contribution in [0.4, 0.5) is 0 Å². The molecule has 1 aliphatic rings. The van der Waals surface area contributed by atoms with Gasteiger partial charge in [-0.15, -0.1) is 12.5 Å². The van der Waals surface area contributed by atoms with Crippen LogP contribution in [0, 0.1) is 11.8 Å². The predicted molar refractivity (Wildman–Crippen MR) is 73.9 cm³/mol. The Balaban J connectivity index is 2.56. The first-order chi connectivity index (χ1) is 8.32. The highest BCUT2D eigenvalue weighted by Gasteiger charge is 2.32. The molecule has 0 radical (unpaired) electrons. The Kier molecular flexibility index (Phi) is 3.69. The summed E-state index contributed by atoms with van der Waals surface area (Å²) in [5.41, 5.74) is 2.94. The van der Waals surface area contributed by atoms with Gasteiger partial charge in [0, 0.05) is 0 Å². The molecule has 0 fully saturated rings. The third kappa shape index (κ3) is 2.29. The fourth-order valence-corrected chi connectivity index (χ4v) is 2.96. The Bertz CT molecular complexity index is 458. The van der Waals surface area contributed by atoms with Gasteiger partial charge in [0.25, 0.3) is 0 Å². The van der Waals surface area contributed by atoms with Crippen LogP contribution < -0.4 is 0 Å². The molecule has 0 heterocycles. The van der Waals surface area contributed by atoms with Crippen LogP contribution in [0.5, 0.6) is 0 Å². The first kappa shape index (κ1) is 12.0. The van der Waals surface area contributed by atoms with Crippen molar-refractivity contribution in [3.05, 3.63) is 48.0 Å². The van der Waals surface area contributed by atoms with Crippen molar-refractivity contribution in [2.75, 3.05) is 0 Å². The number of aryl methyl sites for hydroxylation is 1. The third-order valence-electron chi connectivity index (χ3n) is 3.69. The van der Waals surface area contributed by atoms with Gasteiger partial charge in [-0.2, -0.15) is 0 Å². The Morgan fingerprint density at radius 2 is 2.18 bits per heavy atom. The molecular weight excluding hydrogens is 204 g/mol. The molecule has 0 spiro atoms. The normalized spacial score (nSPS) is 22.9. The van der Waals surface area contributed by atoms with E-state index in [0.717, 1.165) is 12.8 Å². The molecule has 2 rings (SSSR count). The number of hydrogen-bond acceptors (Lipinski definition) is 0. The largest absolute Gasteiger partial charge is 0.106 e. The molecule has 0 N–H and O–H groups in total. The van der Waals surface area contributed by atoms with Crippen molar-refractivity contribution in [3.8, 4) is 11.8 Å². The lowest BCUT2D eigenvalue weighted by Crippen LogP contribution is -2.23. The molecule has 0 saturated carbocycles. The summed E-state index contributed by atoms with van der Waals surface area (Å²) in [6, 6.07) is 8.80. The van der Waals surface area contributed by atoms with Gasteiger partial charge in [0.2, 0.25) is 0 Å². The minimum atomic E-state index is 0.0175. The Labute approximate surface area is 105 Å². The zero-order valence-electron chi connectivity index (χ0n) is 10.6. The van der Waals surface area contributed by atoms with Crippen LogP contribution in [0.15, 0.2) is 36.9 Å². The van der Waals surface area contributed by atoms with Crippen LogP contribution in [-0.4, -0.2) is 0 Å². The molecule has 1 unspecified atom stereocenters. The molecule has 0 bridgehead atoms. The second-order valence-electron chi connectivity index (χ2n) is 4.81. The standard InChI is InChI=1S/C17H20/c1-3-12-17(13-4-2)14-8-7-10-15-9-5-6-11-16(15)17/h3,5-6,9,11H,1,7-8,10,12,14H2,2H3. The summed E-state index contributed by atoms with van der Waals surface area (Å²) in [6.45, 7) is 5.86. The molecule has 0 heteroatoms. The average molecular weight is 224 g/mol. The van der Waals surface area contributed by atoms with E-state index >= 15 is 0 Å².